The number of amides is 3. The van der Waals surface area contributed by atoms with Crippen molar-refractivity contribution in [3.05, 3.63) is 0 Å². The van der Waals surface area contributed by atoms with E-state index >= 15 is 0 Å². The average molecular weight is 383 g/mol. The van der Waals surface area contributed by atoms with Gasteiger partial charge >= 0.3 is 0 Å². The first-order chi connectivity index (χ1) is 12.5. The number of aliphatic hydroxyl groups excluding tert-OH is 1. The van der Waals surface area contributed by atoms with Crippen LogP contribution in [-0.4, -0.2) is 59.0 Å². The van der Waals surface area contributed by atoms with Crippen molar-refractivity contribution in [3.8, 4) is 0 Å². The summed E-state index contributed by atoms with van der Waals surface area (Å²) in [6.07, 6.45) is 2.76. The van der Waals surface area contributed by atoms with Gasteiger partial charge in [-0.25, -0.2) is 0 Å². The van der Waals surface area contributed by atoms with Crippen molar-refractivity contribution in [3.63, 3.8) is 0 Å². The van der Waals surface area contributed by atoms with Crippen LogP contribution < -0.4 is 16.8 Å². The summed E-state index contributed by atoms with van der Waals surface area (Å²) in [5.41, 5.74) is 10.7. The number of likely N-dealkylation sites (tertiary alicyclic amines) is 1. The molecule has 6 N–H and O–H groups in total. The maximum absolute atomic E-state index is 13.0. The fraction of sp³-hybridized carbons (Fsp3) is 0.842. The predicted molar refractivity (Wildman–Crippen MR) is 101 cm³/mol. The van der Waals surface area contributed by atoms with Crippen molar-refractivity contribution in [2.45, 2.75) is 71.1 Å². The maximum Gasteiger partial charge on any atom is 0.248 e. The van der Waals surface area contributed by atoms with Gasteiger partial charge in [0.2, 0.25) is 17.7 Å². The molecule has 0 aromatic rings. The maximum atomic E-state index is 13.0. The highest BCUT2D eigenvalue weighted by atomic mass is 16.3. The molecule has 4 unspecified atom stereocenters. The number of hydrogen-bond donors (Lipinski definition) is 4. The minimum Gasteiger partial charge on any atom is -0.381 e. The Bertz CT molecular complexity index is 571. The van der Waals surface area contributed by atoms with Gasteiger partial charge in [-0.05, 0) is 30.1 Å². The standard InChI is InChI=1S/C19H34N4O4/c1-19(2,3)12-8-14(23(10-12)15(24)9-20)18(27)22-13(16(25)17(21)26)7-11-5-4-6-11/h11-14,16,25H,4-10,20H2,1-3H3,(H2,21,26)(H,22,27). The van der Waals surface area contributed by atoms with E-state index < -0.39 is 24.1 Å². The molecule has 0 bridgehead atoms. The highest BCUT2D eigenvalue weighted by Gasteiger charge is 2.44. The van der Waals surface area contributed by atoms with Gasteiger partial charge in [0.15, 0.2) is 6.10 Å². The summed E-state index contributed by atoms with van der Waals surface area (Å²) in [6, 6.07) is -1.38. The van der Waals surface area contributed by atoms with Crippen molar-refractivity contribution >= 4 is 17.7 Å². The van der Waals surface area contributed by atoms with Crippen LogP contribution in [0.2, 0.25) is 0 Å². The third-order valence-corrected chi connectivity index (χ3v) is 6.14. The third kappa shape index (κ3) is 5.19. The van der Waals surface area contributed by atoms with E-state index in [1.807, 2.05) is 0 Å². The van der Waals surface area contributed by atoms with Gasteiger partial charge in [0.25, 0.3) is 0 Å². The molecule has 27 heavy (non-hydrogen) atoms. The minimum atomic E-state index is -1.44. The molecule has 1 aliphatic heterocycles. The molecule has 0 spiro atoms. The van der Waals surface area contributed by atoms with E-state index in [9.17, 15) is 19.5 Å². The van der Waals surface area contributed by atoms with Crippen molar-refractivity contribution in [2.24, 2.45) is 28.7 Å². The van der Waals surface area contributed by atoms with Crippen LogP contribution >= 0.6 is 0 Å². The van der Waals surface area contributed by atoms with E-state index in [-0.39, 0.29) is 29.7 Å². The molecule has 2 aliphatic rings. The topological polar surface area (TPSA) is 139 Å². The lowest BCUT2D eigenvalue weighted by Gasteiger charge is -2.33. The number of carbonyl (C=O) groups excluding carboxylic acids is 3. The van der Waals surface area contributed by atoms with Crippen LogP contribution in [0.25, 0.3) is 0 Å². The number of carbonyl (C=O) groups is 3. The number of primary amides is 1. The lowest BCUT2D eigenvalue weighted by molar-refractivity contribution is -0.139. The minimum absolute atomic E-state index is 0.0553. The molecule has 1 saturated carbocycles. The Morgan fingerprint density at radius 3 is 2.33 bits per heavy atom. The van der Waals surface area contributed by atoms with Crippen LogP contribution in [-0.2, 0) is 14.4 Å². The van der Waals surface area contributed by atoms with Gasteiger partial charge in [-0.1, -0.05) is 40.0 Å². The van der Waals surface area contributed by atoms with Gasteiger partial charge in [-0.3, -0.25) is 14.4 Å². The second-order valence-corrected chi connectivity index (χ2v) is 9.06. The van der Waals surface area contributed by atoms with E-state index in [1.165, 1.54) is 4.90 Å². The second kappa shape index (κ2) is 8.56. The molecule has 1 saturated heterocycles. The second-order valence-electron chi connectivity index (χ2n) is 9.06. The first-order valence-corrected chi connectivity index (χ1v) is 9.81. The van der Waals surface area contributed by atoms with Crippen LogP contribution in [0.4, 0.5) is 0 Å². The van der Waals surface area contributed by atoms with Gasteiger partial charge in [0, 0.05) is 6.54 Å². The Kier molecular flexibility index (Phi) is 6.86. The van der Waals surface area contributed by atoms with Crippen molar-refractivity contribution in [1.82, 2.24) is 10.2 Å². The molecule has 154 valence electrons. The summed E-state index contributed by atoms with van der Waals surface area (Å²) in [6.45, 7) is 6.57. The summed E-state index contributed by atoms with van der Waals surface area (Å²) in [5.74, 6) is -0.943. The lowest BCUT2D eigenvalue weighted by atomic mass is 9.79. The van der Waals surface area contributed by atoms with E-state index in [1.54, 1.807) is 0 Å². The Morgan fingerprint density at radius 1 is 1.26 bits per heavy atom. The van der Waals surface area contributed by atoms with E-state index in [0.29, 0.717) is 25.3 Å². The van der Waals surface area contributed by atoms with E-state index in [2.05, 4.69) is 26.1 Å². The average Bonchev–Trinajstić information content (AvgIpc) is 3.00. The number of nitrogens with zero attached hydrogens (tertiary/aromatic N) is 1. The quantitative estimate of drug-likeness (QED) is 0.480. The largest absolute Gasteiger partial charge is 0.381 e. The molecule has 8 heteroatoms. The molecule has 1 aliphatic carbocycles. The van der Waals surface area contributed by atoms with Gasteiger partial charge in [0.1, 0.15) is 6.04 Å². The zero-order chi connectivity index (χ0) is 20.4. The van der Waals surface area contributed by atoms with Crippen LogP contribution in [0.5, 0.6) is 0 Å². The predicted octanol–water partition coefficient (Wildman–Crippen LogP) is -0.270. The molecule has 0 radical (unpaired) electrons. The molecule has 2 rings (SSSR count). The van der Waals surface area contributed by atoms with Crippen LogP contribution in [0.1, 0.15) is 52.9 Å². The Morgan fingerprint density at radius 2 is 1.89 bits per heavy atom. The summed E-state index contributed by atoms with van der Waals surface area (Å²) in [5, 5.41) is 13.0. The van der Waals surface area contributed by atoms with Crippen LogP contribution in [0, 0.1) is 17.3 Å². The van der Waals surface area contributed by atoms with E-state index in [4.69, 9.17) is 11.5 Å². The zero-order valence-electron chi connectivity index (χ0n) is 16.6. The van der Waals surface area contributed by atoms with Crippen molar-refractivity contribution in [2.75, 3.05) is 13.1 Å². The number of aliphatic hydroxyl groups is 1. The summed E-state index contributed by atoms with van der Waals surface area (Å²) < 4.78 is 0. The Hall–Kier alpha value is -1.67. The number of nitrogens with two attached hydrogens (primary N) is 2. The fourth-order valence-electron chi connectivity index (χ4n) is 3.94. The number of hydrogen-bond acceptors (Lipinski definition) is 5. The van der Waals surface area contributed by atoms with Gasteiger partial charge in [-0.2, -0.15) is 0 Å². The Balaban J connectivity index is 2.12. The molecule has 0 aromatic heterocycles. The normalized spacial score (nSPS) is 25.6. The molecule has 8 nitrogen and oxygen atoms in total. The van der Waals surface area contributed by atoms with Crippen molar-refractivity contribution in [1.29, 1.82) is 0 Å². The first-order valence-electron chi connectivity index (χ1n) is 9.81. The van der Waals surface area contributed by atoms with Crippen molar-refractivity contribution < 1.29 is 19.5 Å². The Labute approximate surface area is 161 Å². The molecule has 4 atom stereocenters. The fourth-order valence-corrected chi connectivity index (χ4v) is 3.94. The lowest BCUT2D eigenvalue weighted by Crippen LogP contribution is -2.55. The highest BCUT2D eigenvalue weighted by Crippen LogP contribution is 2.37. The van der Waals surface area contributed by atoms with Gasteiger partial charge < -0.3 is 26.8 Å². The zero-order valence-corrected chi connectivity index (χ0v) is 16.6. The van der Waals surface area contributed by atoms with Gasteiger partial charge in [-0.15, -0.1) is 0 Å². The van der Waals surface area contributed by atoms with Gasteiger partial charge in [0.05, 0.1) is 12.6 Å². The molecular formula is C19H34N4O4. The number of nitrogens with one attached hydrogen (secondary N) is 1. The molecule has 0 aromatic carbocycles. The third-order valence-electron chi connectivity index (χ3n) is 6.14. The summed E-state index contributed by atoms with van der Waals surface area (Å²) >= 11 is 0. The molecular weight excluding hydrogens is 348 g/mol. The highest BCUT2D eigenvalue weighted by molar-refractivity contribution is 5.90. The van der Waals surface area contributed by atoms with E-state index in [0.717, 1.165) is 19.3 Å². The molecule has 2 fully saturated rings. The molecule has 3 amide bonds. The smallest absolute Gasteiger partial charge is 0.248 e. The van der Waals surface area contributed by atoms with Crippen LogP contribution in [0.15, 0.2) is 0 Å². The summed E-state index contributed by atoms with van der Waals surface area (Å²) in [7, 11) is 0. The monoisotopic (exact) mass is 382 g/mol. The first kappa shape index (κ1) is 21.6. The van der Waals surface area contributed by atoms with Crippen LogP contribution in [0.3, 0.4) is 0 Å². The molecule has 1 heterocycles. The summed E-state index contributed by atoms with van der Waals surface area (Å²) in [4.78, 5) is 38.2. The SMILES string of the molecule is CC(C)(C)C1CC(C(=O)NC(CC2CCC2)C(O)C(N)=O)N(C(=O)CN)C1. The number of rotatable bonds is 7.